The van der Waals surface area contributed by atoms with Gasteiger partial charge in [0, 0.05) is 43.5 Å². The number of H-pyrrole nitrogens is 1. The Bertz CT molecular complexity index is 1330. The molecule has 1 aliphatic heterocycles. The van der Waals surface area contributed by atoms with Crippen molar-refractivity contribution in [3.8, 4) is 11.1 Å². The highest BCUT2D eigenvalue weighted by Gasteiger charge is 2.16. The number of piperidine rings is 1. The number of nitrogens with zero attached hydrogens (tertiary/aromatic N) is 5. The Morgan fingerprint density at radius 1 is 1.06 bits per heavy atom. The van der Waals surface area contributed by atoms with E-state index in [1.54, 1.807) is 6.20 Å². The third kappa shape index (κ3) is 5.39. The monoisotopic (exact) mass is 483 g/mol. The van der Waals surface area contributed by atoms with Crippen LogP contribution in [0.2, 0.25) is 0 Å². The fourth-order valence-corrected chi connectivity index (χ4v) is 4.80. The highest BCUT2D eigenvalue weighted by molar-refractivity contribution is 6.11. The van der Waals surface area contributed by atoms with E-state index in [2.05, 4.69) is 48.3 Å². The number of benzene rings is 1. The van der Waals surface area contributed by atoms with Crippen molar-refractivity contribution >= 4 is 28.3 Å². The molecule has 4 aromatic rings. The average molecular weight is 484 g/mol. The second kappa shape index (κ2) is 10.9. The molecular weight excluding hydrogens is 450 g/mol. The smallest absolute Gasteiger partial charge is 0.276 e. The Hall–Kier alpha value is -3.78. The number of fused-ring (bicyclic) bond motifs is 1. The number of nitrogens with one attached hydrogen (secondary N) is 2. The fraction of sp³-hybridized carbons (Fsp3) is 0.357. The number of rotatable bonds is 8. The van der Waals surface area contributed by atoms with Gasteiger partial charge in [0.05, 0.1) is 17.4 Å². The first-order chi connectivity index (χ1) is 17.6. The van der Waals surface area contributed by atoms with Crippen molar-refractivity contribution in [2.24, 2.45) is 0 Å². The Morgan fingerprint density at radius 3 is 2.69 bits per heavy atom. The molecule has 1 aliphatic rings. The molecule has 1 fully saturated rings. The maximum absolute atomic E-state index is 13.1. The van der Waals surface area contributed by atoms with Gasteiger partial charge in [-0.25, -0.2) is 4.98 Å². The molecule has 1 amide bonds. The standard InChI is InChI=1S/C28H33N7O/c1-3-11-34(2)26-10-8-23(18-30-26)31-28(36)27-24-15-21(7-9-25(24)32-33-27)22-14-20(16-29-17-22)19-35-12-5-4-6-13-35/h7-10,14-18H,3-6,11-13,19H2,1-2H3,(H,31,36)(H,32,33). The number of hydrogen-bond acceptors (Lipinski definition) is 6. The molecule has 8 heteroatoms. The first-order valence-electron chi connectivity index (χ1n) is 12.7. The van der Waals surface area contributed by atoms with Crippen molar-refractivity contribution in [3.05, 3.63) is 66.2 Å². The minimum Gasteiger partial charge on any atom is -0.360 e. The second-order valence-corrected chi connectivity index (χ2v) is 9.53. The van der Waals surface area contributed by atoms with Gasteiger partial charge in [0.15, 0.2) is 5.69 Å². The van der Waals surface area contributed by atoms with E-state index in [0.29, 0.717) is 11.4 Å². The highest BCUT2D eigenvalue weighted by Crippen LogP contribution is 2.27. The number of anilines is 2. The third-order valence-electron chi connectivity index (χ3n) is 6.72. The number of aromatic amines is 1. The molecule has 0 unspecified atom stereocenters. The van der Waals surface area contributed by atoms with Gasteiger partial charge in [0.25, 0.3) is 5.91 Å². The van der Waals surface area contributed by atoms with E-state index in [0.717, 1.165) is 60.4 Å². The topological polar surface area (TPSA) is 90.0 Å². The summed E-state index contributed by atoms with van der Waals surface area (Å²) in [6.45, 7) is 6.28. The fourth-order valence-electron chi connectivity index (χ4n) is 4.80. The van der Waals surface area contributed by atoms with Crippen LogP contribution in [-0.4, -0.2) is 57.7 Å². The molecule has 3 aromatic heterocycles. The molecule has 36 heavy (non-hydrogen) atoms. The van der Waals surface area contributed by atoms with Crippen LogP contribution >= 0.6 is 0 Å². The Morgan fingerprint density at radius 2 is 1.92 bits per heavy atom. The summed E-state index contributed by atoms with van der Waals surface area (Å²) in [5.41, 5.74) is 5.06. The van der Waals surface area contributed by atoms with Crippen LogP contribution in [-0.2, 0) is 6.54 Å². The number of amides is 1. The van der Waals surface area contributed by atoms with Gasteiger partial charge in [-0.05, 0) is 73.8 Å². The predicted molar refractivity (Wildman–Crippen MR) is 144 cm³/mol. The van der Waals surface area contributed by atoms with Gasteiger partial charge in [-0.1, -0.05) is 19.4 Å². The first kappa shape index (κ1) is 23.9. The zero-order valence-electron chi connectivity index (χ0n) is 21.0. The van der Waals surface area contributed by atoms with Crippen LogP contribution in [0, 0.1) is 0 Å². The molecule has 0 radical (unpaired) electrons. The molecule has 4 heterocycles. The average Bonchev–Trinajstić information content (AvgIpc) is 3.33. The third-order valence-corrected chi connectivity index (χ3v) is 6.72. The van der Waals surface area contributed by atoms with Gasteiger partial charge in [0.1, 0.15) is 5.82 Å². The van der Waals surface area contributed by atoms with Gasteiger partial charge < -0.3 is 10.2 Å². The van der Waals surface area contributed by atoms with Gasteiger partial charge in [0.2, 0.25) is 0 Å². The molecule has 5 rings (SSSR count). The van der Waals surface area contributed by atoms with E-state index in [1.165, 1.54) is 24.8 Å². The number of likely N-dealkylation sites (tertiary alicyclic amines) is 1. The molecule has 0 aliphatic carbocycles. The number of carbonyl (C=O) groups is 1. The molecule has 186 valence electrons. The molecule has 0 saturated carbocycles. The predicted octanol–water partition coefficient (Wildman–Crippen LogP) is 5.10. The van der Waals surface area contributed by atoms with E-state index in [-0.39, 0.29) is 5.91 Å². The Kier molecular flexibility index (Phi) is 7.23. The maximum atomic E-state index is 13.1. The zero-order valence-corrected chi connectivity index (χ0v) is 21.0. The summed E-state index contributed by atoms with van der Waals surface area (Å²) in [4.78, 5) is 26.6. The van der Waals surface area contributed by atoms with Gasteiger partial charge >= 0.3 is 0 Å². The van der Waals surface area contributed by atoms with Crippen LogP contribution in [0.1, 0.15) is 48.7 Å². The molecule has 0 atom stereocenters. The van der Waals surface area contributed by atoms with Crippen LogP contribution in [0.15, 0.2) is 55.0 Å². The summed E-state index contributed by atoms with van der Waals surface area (Å²) in [6.07, 6.45) is 10.4. The van der Waals surface area contributed by atoms with E-state index in [9.17, 15) is 4.79 Å². The minimum absolute atomic E-state index is 0.271. The number of hydrogen-bond donors (Lipinski definition) is 2. The molecule has 2 N–H and O–H groups in total. The van der Waals surface area contributed by atoms with Crippen LogP contribution in [0.25, 0.3) is 22.0 Å². The van der Waals surface area contributed by atoms with Crippen LogP contribution in [0.3, 0.4) is 0 Å². The summed E-state index contributed by atoms with van der Waals surface area (Å²) >= 11 is 0. The summed E-state index contributed by atoms with van der Waals surface area (Å²) in [5.74, 6) is 0.604. The second-order valence-electron chi connectivity index (χ2n) is 9.53. The van der Waals surface area contributed by atoms with Crippen LogP contribution in [0.5, 0.6) is 0 Å². The van der Waals surface area contributed by atoms with Crippen molar-refractivity contribution in [1.29, 1.82) is 0 Å². The summed E-state index contributed by atoms with van der Waals surface area (Å²) in [6, 6.07) is 12.0. The maximum Gasteiger partial charge on any atom is 0.276 e. The van der Waals surface area contributed by atoms with Gasteiger partial charge in [-0.2, -0.15) is 5.10 Å². The minimum atomic E-state index is -0.271. The summed E-state index contributed by atoms with van der Waals surface area (Å²) in [7, 11) is 2.01. The Balaban J connectivity index is 1.34. The number of aromatic nitrogens is 4. The van der Waals surface area contributed by atoms with E-state index < -0.39 is 0 Å². The number of pyridine rings is 2. The zero-order chi connectivity index (χ0) is 24.9. The van der Waals surface area contributed by atoms with Crippen molar-refractivity contribution in [2.75, 3.05) is 36.9 Å². The van der Waals surface area contributed by atoms with Crippen LogP contribution < -0.4 is 10.2 Å². The summed E-state index contributed by atoms with van der Waals surface area (Å²) < 4.78 is 0. The molecule has 1 saturated heterocycles. The lowest BCUT2D eigenvalue weighted by Crippen LogP contribution is -2.29. The van der Waals surface area contributed by atoms with Crippen molar-refractivity contribution in [1.82, 2.24) is 25.1 Å². The van der Waals surface area contributed by atoms with E-state index in [1.807, 2.05) is 49.8 Å². The lowest BCUT2D eigenvalue weighted by Gasteiger charge is -2.26. The van der Waals surface area contributed by atoms with Crippen molar-refractivity contribution < 1.29 is 4.79 Å². The highest BCUT2D eigenvalue weighted by atomic mass is 16.1. The molecule has 1 aromatic carbocycles. The molecule has 0 bridgehead atoms. The van der Waals surface area contributed by atoms with Gasteiger partial charge in [-0.3, -0.25) is 19.8 Å². The molecule has 0 spiro atoms. The molecular formula is C28H33N7O. The lowest BCUT2D eigenvalue weighted by atomic mass is 10.0. The van der Waals surface area contributed by atoms with Crippen molar-refractivity contribution in [3.63, 3.8) is 0 Å². The molecule has 8 nitrogen and oxygen atoms in total. The van der Waals surface area contributed by atoms with E-state index in [4.69, 9.17) is 0 Å². The van der Waals surface area contributed by atoms with E-state index >= 15 is 0 Å². The SMILES string of the molecule is CCCN(C)c1ccc(NC(=O)c2n[nH]c3ccc(-c4cncc(CN5CCCCC5)c4)cc23)cn1. The quantitative estimate of drug-likeness (QED) is 0.362. The first-order valence-corrected chi connectivity index (χ1v) is 12.7. The lowest BCUT2D eigenvalue weighted by molar-refractivity contribution is 0.102. The largest absolute Gasteiger partial charge is 0.360 e. The Labute approximate surface area is 211 Å². The number of carbonyl (C=O) groups excluding carboxylic acids is 1. The van der Waals surface area contributed by atoms with Crippen molar-refractivity contribution in [2.45, 2.75) is 39.2 Å². The normalized spacial score (nSPS) is 14.2. The summed E-state index contributed by atoms with van der Waals surface area (Å²) in [5, 5.41) is 11.0. The van der Waals surface area contributed by atoms with Crippen LogP contribution in [0.4, 0.5) is 11.5 Å². The van der Waals surface area contributed by atoms with Gasteiger partial charge in [-0.15, -0.1) is 0 Å².